The smallest absolute Gasteiger partial charge is 0.224 e. The van der Waals surface area contributed by atoms with Crippen LogP contribution in [-0.2, 0) is 4.79 Å². The van der Waals surface area contributed by atoms with Gasteiger partial charge < -0.3 is 10.4 Å². The molecule has 17 heavy (non-hydrogen) atoms. The average Bonchev–Trinajstić information content (AvgIpc) is 2.32. The normalized spacial score (nSPS) is 9.35. The summed E-state index contributed by atoms with van der Waals surface area (Å²) < 4.78 is 0. The van der Waals surface area contributed by atoms with Gasteiger partial charge in [0.15, 0.2) is 0 Å². The molecule has 90 valence electrons. The fourth-order valence-electron chi connectivity index (χ4n) is 1.34. The highest BCUT2D eigenvalue weighted by Crippen LogP contribution is 2.14. The monoisotopic (exact) mass is 231 g/mol. The molecule has 0 aromatic heterocycles. The third-order valence-electron chi connectivity index (χ3n) is 2.29. The molecule has 0 aliphatic heterocycles. The van der Waals surface area contributed by atoms with Gasteiger partial charge in [-0.3, -0.25) is 4.79 Å². The molecule has 2 N–H and O–H groups in total. The second-order valence-corrected chi connectivity index (χ2v) is 3.71. The standard InChI is InChI=1S/C14H17NO2/c1-3-14(17)15-13-8-7-12(11(2)10-13)6-4-5-9-16/h7-8,10,16H,3,5,9H2,1-2H3,(H,15,17). The Morgan fingerprint density at radius 2 is 2.24 bits per heavy atom. The molecule has 0 unspecified atom stereocenters. The molecule has 0 bridgehead atoms. The lowest BCUT2D eigenvalue weighted by Gasteiger charge is -2.05. The quantitative estimate of drug-likeness (QED) is 0.782. The summed E-state index contributed by atoms with van der Waals surface area (Å²) in [6.45, 7) is 3.85. The van der Waals surface area contributed by atoms with Crippen molar-refractivity contribution in [2.75, 3.05) is 11.9 Å². The maximum absolute atomic E-state index is 11.2. The number of hydrogen-bond acceptors (Lipinski definition) is 2. The Labute approximate surface area is 102 Å². The van der Waals surface area contributed by atoms with Gasteiger partial charge in [-0.05, 0) is 30.7 Å². The number of carbonyl (C=O) groups is 1. The predicted molar refractivity (Wildman–Crippen MR) is 68.7 cm³/mol. The van der Waals surface area contributed by atoms with Gasteiger partial charge in [0, 0.05) is 24.1 Å². The molecular formula is C14H17NO2. The highest BCUT2D eigenvalue weighted by atomic mass is 16.2. The minimum Gasteiger partial charge on any atom is -0.395 e. The molecule has 0 spiro atoms. The van der Waals surface area contributed by atoms with Crippen molar-refractivity contribution in [3.63, 3.8) is 0 Å². The van der Waals surface area contributed by atoms with Gasteiger partial charge in [-0.15, -0.1) is 0 Å². The van der Waals surface area contributed by atoms with Gasteiger partial charge >= 0.3 is 0 Å². The maximum Gasteiger partial charge on any atom is 0.224 e. The number of carbonyl (C=O) groups excluding carboxylic acids is 1. The third-order valence-corrected chi connectivity index (χ3v) is 2.29. The summed E-state index contributed by atoms with van der Waals surface area (Å²) in [5, 5.41) is 11.4. The summed E-state index contributed by atoms with van der Waals surface area (Å²) in [5.74, 6) is 5.87. The van der Waals surface area contributed by atoms with Crippen LogP contribution < -0.4 is 5.32 Å². The fraction of sp³-hybridized carbons (Fsp3) is 0.357. The topological polar surface area (TPSA) is 49.3 Å². The average molecular weight is 231 g/mol. The van der Waals surface area contributed by atoms with Crippen molar-refractivity contribution >= 4 is 11.6 Å². The number of aryl methyl sites for hydroxylation is 1. The SMILES string of the molecule is CCC(=O)Nc1ccc(C#CCCO)c(C)c1. The minimum absolute atomic E-state index is 0.00325. The Morgan fingerprint density at radius 3 is 2.82 bits per heavy atom. The number of aliphatic hydroxyl groups is 1. The van der Waals surface area contributed by atoms with Crippen molar-refractivity contribution in [3.8, 4) is 11.8 Å². The van der Waals surface area contributed by atoms with Crippen LogP contribution in [0.4, 0.5) is 5.69 Å². The van der Waals surface area contributed by atoms with Gasteiger partial charge in [0.1, 0.15) is 0 Å². The molecule has 1 amide bonds. The van der Waals surface area contributed by atoms with Crippen LogP contribution in [0.3, 0.4) is 0 Å². The molecule has 3 nitrogen and oxygen atoms in total. The van der Waals surface area contributed by atoms with E-state index in [2.05, 4.69) is 17.2 Å². The lowest BCUT2D eigenvalue weighted by Crippen LogP contribution is -2.09. The zero-order valence-electron chi connectivity index (χ0n) is 10.2. The summed E-state index contributed by atoms with van der Waals surface area (Å²) in [4.78, 5) is 11.2. The van der Waals surface area contributed by atoms with E-state index in [9.17, 15) is 4.79 Å². The lowest BCUT2D eigenvalue weighted by molar-refractivity contribution is -0.115. The van der Waals surface area contributed by atoms with Gasteiger partial charge in [-0.1, -0.05) is 18.8 Å². The van der Waals surface area contributed by atoms with E-state index in [1.807, 2.05) is 32.0 Å². The molecule has 1 aromatic carbocycles. The van der Waals surface area contributed by atoms with Gasteiger partial charge in [0.05, 0.1) is 6.61 Å². The summed E-state index contributed by atoms with van der Waals surface area (Å²) in [6, 6.07) is 5.62. The van der Waals surface area contributed by atoms with Crippen LogP contribution in [0.15, 0.2) is 18.2 Å². The maximum atomic E-state index is 11.2. The zero-order chi connectivity index (χ0) is 12.7. The van der Waals surface area contributed by atoms with E-state index in [1.165, 1.54) is 0 Å². The molecule has 0 atom stereocenters. The Morgan fingerprint density at radius 1 is 1.47 bits per heavy atom. The van der Waals surface area contributed by atoms with Crippen molar-refractivity contribution in [3.05, 3.63) is 29.3 Å². The van der Waals surface area contributed by atoms with Crippen molar-refractivity contribution in [1.29, 1.82) is 0 Å². The fourth-order valence-corrected chi connectivity index (χ4v) is 1.34. The van der Waals surface area contributed by atoms with E-state index >= 15 is 0 Å². The summed E-state index contributed by atoms with van der Waals surface area (Å²) in [6.07, 6.45) is 0.949. The number of anilines is 1. The van der Waals surface area contributed by atoms with Crippen LogP contribution in [0.5, 0.6) is 0 Å². The van der Waals surface area contributed by atoms with Crippen molar-refractivity contribution in [1.82, 2.24) is 0 Å². The second-order valence-electron chi connectivity index (χ2n) is 3.71. The van der Waals surface area contributed by atoms with Gasteiger partial charge in [-0.2, -0.15) is 0 Å². The molecule has 0 radical (unpaired) electrons. The number of amides is 1. The Hall–Kier alpha value is -1.79. The summed E-state index contributed by atoms with van der Waals surface area (Å²) in [7, 11) is 0. The minimum atomic E-state index is 0.00325. The number of rotatable bonds is 3. The largest absolute Gasteiger partial charge is 0.395 e. The van der Waals surface area contributed by atoms with Crippen molar-refractivity contribution < 1.29 is 9.90 Å². The first-order chi connectivity index (χ1) is 8.17. The van der Waals surface area contributed by atoms with Gasteiger partial charge in [0.25, 0.3) is 0 Å². The number of nitrogens with one attached hydrogen (secondary N) is 1. The highest BCUT2D eigenvalue weighted by molar-refractivity contribution is 5.90. The predicted octanol–water partition coefficient (Wildman–Crippen LogP) is 2.08. The van der Waals surface area contributed by atoms with E-state index in [4.69, 9.17) is 5.11 Å². The Bertz CT molecular complexity index is 455. The number of benzene rings is 1. The van der Waals surface area contributed by atoms with E-state index in [0.29, 0.717) is 12.8 Å². The Balaban J connectivity index is 2.80. The van der Waals surface area contributed by atoms with E-state index in [-0.39, 0.29) is 12.5 Å². The molecule has 1 aromatic rings. The second kappa shape index (κ2) is 6.72. The molecule has 0 fully saturated rings. The highest BCUT2D eigenvalue weighted by Gasteiger charge is 2.01. The summed E-state index contributed by atoms with van der Waals surface area (Å²) in [5.41, 5.74) is 2.74. The lowest BCUT2D eigenvalue weighted by atomic mass is 10.1. The molecule has 0 aliphatic carbocycles. The Kier molecular flexibility index (Phi) is 5.25. The first-order valence-electron chi connectivity index (χ1n) is 5.67. The van der Waals surface area contributed by atoms with Gasteiger partial charge in [-0.25, -0.2) is 0 Å². The van der Waals surface area contributed by atoms with Crippen molar-refractivity contribution in [2.45, 2.75) is 26.7 Å². The molecule has 0 heterocycles. The molecule has 3 heteroatoms. The van der Waals surface area contributed by atoms with Gasteiger partial charge in [0.2, 0.25) is 5.91 Å². The van der Waals surface area contributed by atoms with Crippen LogP contribution in [-0.4, -0.2) is 17.6 Å². The van der Waals surface area contributed by atoms with Crippen LogP contribution >= 0.6 is 0 Å². The van der Waals surface area contributed by atoms with Crippen LogP contribution in [0.25, 0.3) is 0 Å². The molecule has 1 rings (SSSR count). The third kappa shape index (κ3) is 4.29. The number of hydrogen-bond donors (Lipinski definition) is 2. The summed E-state index contributed by atoms with van der Waals surface area (Å²) >= 11 is 0. The first-order valence-corrected chi connectivity index (χ1v) is 5.67. The molecule has 0 saturated carbocycles. The van der Waals surface area contributed by atoms with Crippen LogP contribution in [0.1, 0.15) is 30.9 Å². The molecular weight excluding hydrogens is 214 g/mol. The number of aliphatic hydroxyl groups excluding tert-OH is 1. The van der Waals surface area contributed by atoms with E-state index < -0.39 is 0 Å². The van der Waals surface area contributed by atoms with E-state index in [1.54, 1.807) is 0 Å². The van der Waals surface area contributed by atoms with Crippen LogP contribution in [0.2, 0.25) is 0 Å². The molecule has 0 aliphatic rings. The van der Waals surface area contributed by atoms with Crippen molar-refractivity contribution in [2.24, 2.45) is 0 Å². The van der Waals surface area contributed by atoms with E-state index in [0.717, 1.165) is 16.8 Å². The molecule has 0 saturated heterocycles. The van der Waals surface area contributed by atoms with Crippen LogP contribution in [0, 0.1) is 18.8 Å². The first kappa shape index (κ1) is 13.3. The zero-order valence-corrected chi connectivity index (χ0v) is 10.2.